The van der Waals surface area contributed by atoms with Crippen molar-refractivity contribution < 1.29 is 4.79 Å². The van der Waals surface area contributed by atoms with Crippen molar-refractivity contribution in [3.63, 3.8) is 0 Å². The minimum atomic E-state index is 0.0116. The van der Waals surface area contributed by atoms with Gasteiger partial charge in [0.25, 0.3) is 0 Å². The molecule has 5 heteroatoms. The van der Waals surface area contributed by atoms with Gasteiger partial charge in [0.05, 0.1) is 16.4 Å². The molecule has 1 amide bonds. The lowest BCUT2D eigenvalue weighted by molar-refractivity contribution is -0.116. The molecule has 1 aliphatic rings. The van der Waals surface area contributed by atoms with Crippen LogP contribution >= 0.6 is 27.5 Å². The number of carbonyl (C=O) groups excluding carboxylic acids is 1. The van der Waals surface area contributed by atoms with Gasteiger partial charge in [-0.15, -0.1) is 0 Å². The number of pyridine rings is 1. The highest BCUT2D eigenvalue weighted by atomic mass is 79.9. The molecule has 0 radical (unpaired) electrons. The maximum Gasteiger partial charge on any atom is 0.225 e. The van der Waals surface area contributed by atoms with Gasteiger partial charge in [0.15, 0.2) is 0 Å². The second-order valence-electron chi connectivity index (χ2n) is 4.01. The fourth-order valence-corrected chi connectivity index (χ4v) is 2.26. The zero-order valence-electron chi connectivity index (χ0n) is 9.12. The number of carbonyl (C=O) groups is 1. The molecule has 1 N–H and O–H groups in total. The number of hydrogen-bond acceptors (Lipinski definition) is 2. The van der Waals surface area contributed by atoms with Gasteiger partial charge in [-0.1, -0.05) is 23.8 Å². The average molecular weight is 316 g/mol. The number of allylic oxidation sites excluding steroid dienone is 2. The quantitative estimate of drug-likeness (QED) is 0.681. The molecule has 1 heterocycles. The molecule has 0 aromatic carbocycles. The smallest absolute Gasteiger partial charge is 0.225 e. The third kappa shape index (κ3) is 3.54. The third-order valence-corrected chi connectivity index (χ3v) is 3.77. The standard InChI is InChI=1S/C12H12BrClN2O/c13-10-6-9(7-15-12(10)14)16-11(17)5-8-3-1-2-4-8/h1,3,6-8H,2,4-5H2,(H,16,17). The Labute approximate surface area is 113 Å². The Morgan fingerprint density at radius 2 is 2.47 bits per heavy atom. The van der Waals surface area contributed by atoms with E-state index in [-0.39, 0.29) is 5.91 Å². The van der Waals surface area contributed by atoms with E-state index in [4.69, 9.17) is 11.6 Å². The van der Waals surface area contributed by atoms with Crippen molar-refractivity contribution in [1.29, 1.82) is 0 Å². The first kappa shape index (κ1) is 12.6. The van der Waals surface area contributed by atoms with Crippen LogP contribution in [-0.4, -0.2) is 10.9 Å². The molecular formula is C12H12BrClN2O. The monoisotopic (exact) mass is 314 g/mol. The van der Waals surface area contributed by atoms with E-state index in [0.717, 1.165) is 12.8 Å². The highest BCUT2D eigenvalue weighted by molar-refractivity contribution is 9.10. The van der Waals surface area contributed by atoms with Crippen LogP contribution in [0.15, 0.2) is 28.9 Å². The summed E-state index contributed by atoms with van der Waals surface area (Å²) in [5.74, 6) is 0.385. The Hall–Kier alpha value is -0.870. The molecule has 1 aromatic rings. The van der Waals surface area contributed by atoms with E-state index in [9.17, 15) is 4.79 Å². The predicted molar refractivity (Wildman–Crippen MR) is 72.1 cm³/mol. The molecule has 0 fully saturated rings. The summed E-state index contributed by atoms with van der Waals surface area (Å²) in [5, 5.41) is 3.20. The first-order chi connectivity index (χ1) is 8.15. The lowest BCUT2D eigenvalue weighted by Crippen LogP contribution is -2.14. The molecule has 1 atom stereocenters. The molecule has 2 rings (SSSR count). The van der Waals surface area contributed by atoms with Crippen molar-refractivity contribution in [1.82, 2.24) is 4.98 Å². The summed E-state index contributed by atoms with van der Waals surface area (Å²) in [7, 11) is 0. The number of nitrogens with zero attached hydrogens (tertiary/aromatic N) is 1. The molecule has 0 saturated heterocycles. The van der Waals surface area contributed by atoms with E-state index < -0.39 is 0 Å². The maximum atomic E-state index is 11.7. The summed E-state index contributed by atoms with van der Waals surface area (Å²) in [4.78, 5) is 15.7. The van der Waals surface area contributed by atoms with Gasteiger partial charge in [-0.05, 0) is 40.8 Å². The van der Waals surface area contributed by atoms with Crippen LogP contribution in [0.3, 0.4) is 0 Å². The molecule has 1 aromatic heterocycles. The molecule has 0 bridgehead atoms. The van der Waals surface area contributed by atoms with Crippen LogP contribution in [0.4, 0.5) is 5.69 Å². The number of halogens is 2. The number of rotatable bonds is 3. The summed E-state index contributed by atoms with van der Waals surface area (Å²) >= 11 is 9.04. The third-order valence-electron chi connectivity index (χ3n) is 2.64. The van der Waals surface area contributed by atoms with Crippen LogP contribution in [-0.2, 0) is 4.79 Å². The van der Waals surface area contributed by atoms with Crippen LogP contribution < -0.4 is 5.32 Å². The first-order valence-corrected chi connectivity index (χ1v) is 6.60. The van der Waals surface area contributed by atoms with E-state index in [0.29, 0.717) is 27.7 Å². The minimum absolute atomic E-state index is 0.0116. The summed E-state index contributed by atoms with van der Waals surface area (Å²) in [6.07, 6.45) is 8.45. The van der Waals surface area contributed by atoms with Gasteiger partial charge in [0.2, 0.25) is 5.91 Å². The summed E-state index contributed by atoms with van der Waals surface area (Å²) < 4.78 is 0.678. The normalized spacial score (nSPS) is 18.4. The average Bonchev–Trinajstić information content (AvgIpc) is 2.76. The number of amides is 1. The lowest BCUT2D eigenvalue weighted by Gasteiger charge is -2.08. The van der Waals surface area contributed by atoms with Gasteiger partial charge in [-0.3, -0.25) is 4.79 Å². The van der Waals surface area contributed by atoms with Crippen molar-refractivity contribution in [2.45, 2.75) is 19.3 Å². The number of anilines is 1. The van der Waals surface area contributed by atoms with Crippen LogP contribution in [0.2, 0.25) is 5.15 Å². The second kappa shape index (κ2) is 5.65. The van der Waals surface area contributed by atoms with E-state index in [1.807, 2.05) is 0 Å². The van der Waals surface area contributed by atoms with Crippen LogP contribution in [0.1, 0.15) is 19.3 Å². The van der Waals surface area contributed by atoms with Gasteiger partial charge in [0.1, 0.15) is 5.15 Å². The lowest BCUT2D eigenvalue weighted by atomic mass is 10.1. The predicted octanol–water partition coefficient (Wildman–Crippen LogP) is 3.79. The topological polar surface area (TPSA) is 42.0 Å². The first-order valence-electron chi connectivity index (χ1n) is 5.42. The molecule has 1 aliphatic carbocycles. The molecule has 90 valence electrons. The zero-order valence-corrected chi connectivity index (χ0v) is 11.5. The Morgan fingerprint density at radius 1 is 1.65 bits per heavy atom. The minimum Gasteiger partial charge on any atom is -0.325 e. The van der Waals surface area contributed by atoms with E-state index in [1.165, 1.54) is 0 Å². The van der Waals surface area contributed by atoms with Crippen molar-refractivity contribution in [2.24, 2.45) is 5.92 Å². The van der Waals surface area contributed by atoms with Crippen molar-refractivity contribution in [3.8, 4) is 0 Å². The Balaban J connectivity index is 1.93. The fourth-order valence-electron chi connectivity index (χ4n) is 1.81. The zero-order chi connectivity index (χ0) is 12.3. The highest BCUT2D eigenvalue weighted by Crippen LogP contribution is 2.24. The Kier molecular flexibility index (Phi) is 4.18. The van der Waals surface area contributed by atoms with Gasteiger partial charge in [-0.25, -0.2) is 4.98 Å². The Bertz CT molecular complexity index is 462. The van der Waals surface area contributed by atoms with Gasteiger partial charge >= 0.3 is 0 Å². The highest BCUT2D eigenvalue weighted by Gasteiger charge is 2.14. The number of hydrogen-bond donors (Lipinski definition) is 1. The van der Waals surface area contributed by atoms with E-state index in [1.54, 1.807) is 12.3 Å². The Morgan fingerprint density at radius 3 is 3.12 bits per heavy atom. The van der Waals surface area contributed by atoms with Crippen molar-refractivity contribution in [2.75, 3.05) is 5.32 Å². The molecule has 0 saturated carbocycles. The van der Waals surface area contributed by atoms with Crippen molar-refractivity contribution in [3.05, 3.63) is 34.0 Å². The second-order valence-corrected chi connectivity index (χ2v) is 5.23. The number of aromatic nitrogens is 1. The fraction of sp³-hybridized carbons (Fsp3) is 0.333. The molecule has 0 spiro atoms. The molecule has 1 unspecified atom stereocenters. The van der Waals surface area contributed by atoms with E-state index >= 15 is 0 Å². The van der Waals surface area contributed by atoms with Crippen LogP contribution in [0.25, 0.3) is 0 Å². The summed E-state index contributed by atoms with van der Waals surface area (Å²) in [6, 6.07) is 1.75. The largest absolute Gasteiger partial charge is 0.325 e. The molecule has 0 aliphatic heterocycles. The van der Waals surface area contributed by atoms with Gasteiger partial charge in [0, 0.05) is 6.42 Å². The van der Waals surface area contributed by atoms with Gasteiger partial charge in [-0.2, -0.15) is 0 Å². The molecule has 17 heavy (non-hydrogen) atoms. The van der Waals surface area contributed by atoms with Crippen LogP contribution in [0, 0.1) is 5.92 Å². The van der Waals surface area contributed by atoms with E-state index in [2.05, 4.69) is 38.4 Å². The van der Waals surface area contributed by atoms with Crippen molar-refractivity contribution >= 4 is 39.1 Å². The SMILES string of the molecule is O=C(CC1C=CCC1)Nc1cnc(Cl)c(Br)c1. The van der Waals surface area contributed by atoms with Crippen LogP contribution in [0.5, 0.6) is 0 Å². The summed E-state index contributed by atoms with van der Waals surface area (Å²) in [5.41, 5.74) is 0.660. The molecular weight excluding hydrogens is 304 g/mol. The van der Waals surface area contributed by atoms with Gasteiger partial charge < -0.3 is 5.32 Å². The number of nitrogens with one attached hydrogen (secondary N) is 1. The maximum absolute atomic E-state index is 11.7. The molecule has 3 nitrogen and oxygen atoms in total. The summed E-state index contributed by atoms with van der Waals surface area (Å²) in [6.45, 7) is 0.